The van der Waals surface area contributed by atoms with Crippen molar-refractivity contribution in [2.24, 2.45) is 0 Å². The molecule has 6 heteroatoms. The lowest BCUT2D eigenvalue weighted by atomic mass is 10.3. The van der Waals surface area contributed by atoms with Crippen molar-refractivity contribution in [2.45, 2.75) is 19.8 Å². The van der Waals surface area contributed by atoms with Gasteiger partial charge in [-0.2, -0.15) is 0 Å². The number of nitrogens with zero attached hydrogens (tertiary/aromatic N) is 3. The highest BCUT2D eigenvalue weighted by Crippen LogP contribution is 2.23. The van der Waals surface area contributed by atoms with Crippen molar-refractivity contribution >= 4 is 17.5 Å². The highest BCUT2D eigenvalue weighted by molar-refractivity contribution is 5.92. The summed E-state index contributed by atoms with van der Waals surface area (Å²) in [5.41, 5.74) is 1.18. The SMILES string of the molecule is CCCCN(C)C(=O)c1ccnc(Nc2ccc(Oc3ccccc3)cc2)n1. The van der Waals surface area contributed by atoms with Crippen LogP contribution in [-0.2, 0) is 0 Å². The van der Waals surface area contributed by atoms with Crippen LogP contribution < -0.4 is 10.1 Å². The lowest BCUT2D eigenvalue weighted by Gasteiger charge is -2.16. The van der Waals surface area contributed by atoms with Gasteiger partial charge < -0.3 is 15.0 Å². The molecular weight excluding hydrogens is 352 g/mol. The third-order valence-electron chi connectivity index (χ3n) is 4.16. The van der Waals surface area contributed by atoms with Gasteiger partial charge in [0.25, 0.3) is 5.91 Å². The second-order valence-electron chi connectivity index (χ2n) is 6.41. The molecule has 3 aromatic rings. The highest BCUT2D eigenvalue weighted by atomic mass is 16.5. The van der Waals surface area contributed by atoms with Gasteiger partial charge in [0.1, 0.15) is 17.2 Å². The Kier molecular flexibility index (Phi) is 6.57. The van der Waals surface area contributed by atoms with Gasteiger partial charge in [-0.15, -0.1) is 0 Å². The summed E-state index contributed by atoms with van der Waals surface area (Å²) in [4.78, 5) is 22.7. The molecule has 3 rings (SSSR count). The third kappa shape index (κ3) is 5.30. The lowest BCUT2D eigenvalue weighted by Crippen LogP contribution is -2.28. The van der Waals surface area contributed by atoms with E-state index in [0.29, 0.717) is 18.2 Å². The zero-order valence-electron chi connectivity index (χ0n) is 16.1. The van der Waals surface area contributed by atoms with Crippen LogP contribution in [0.5, 0.6) is 11.5 Å². The average Bonchev–Trinajstić information content (AvgIpc) is 2.74. The van der Waals surface area contributed by atoms with Crippen LogP contribution >= 0.6 is 0 Å². The van der Waals surface area contributed by atoms with E-state index >= 15 is 0 Å². The van der Waals surface area contributed by atoms with Crippen LogP contribution in [0.2, 0.25) is 0 Å². The Morgan fingerprint density at radius 2 is 1.75 bits per heavy atom. The second-order valence-corrected chi connectivity index (χ2v) is 6.41. The number of rotatable bonds is 8. The summed E-state index contributed by atoms with van der Waals surface area (Å²) < 4.78 is 5.78. The number of ether oxygens (including phenoxy) is 1. The molecule has 0 atom stereocenters. The van der Waals surface area contributed by atoms with E-state index in [1.807, 2.05) is 54.6 Å². The first-order valence-corrected chi connectivity index (χ1v) is 9.34. The highest BCUT2D eigenvalue weighted by Gasteiger charge is 2.13. The first kappa shape index (κ1) is 19.4. The smallest absolute Gasteiger partial charge is 0.272 e. The van der Waals surface area contributed by atoms with Gasteiger partial charge in [0, 0.05) is 25.5 Å². The molecule has 0 spiro atoms. The molecule has 1 aromatic heterocycles. The molecule has 0 saturated heterocycles. The number of unbranched alkanes of at least 4 members (excludes halogenated alkanes) is 1. The number of amides is 1. The molecule has 1 heterocycles. The fourth-order valence-electron chi connectivity index (χ4n) is 2.59. The molecule has 0 aliphatic heterocycles. The second kappa shape index (κ2) is 9.50. The van der Waals surface area contributed by atoms with E-state index in [1.54, 1.807) is 24.2 Å². The van der Waals surface area contributed by atoms with Crippen molar-refractivity contribution in [3.8, 4) is 11.5 Å². The molecule has 0 fully saturated rings. The minimum Gasteiger partial charge on any atom is -0.457 e. The Balaban J connectivity index is 1.64. The maximum absolute atomic E-state index is 12.5. The Bertz CT molecular complexity index is 898. The standard InChI is InChI=1S/C22H24N4O2/c1-3-4-16-26(2)21(27)20-14-15-23-22(25-20)24-17-10-12-19(13-11-17)28-18-8-6-5-7-9-18/h5-15H,3-4,16H2,1-2H3,(H,23,24,25). The van der Waals surface area contributed by atoms with Gasteiger partial charge >= 0.3 is 0 Å². The number of hydrogen-bond acceptors (Lipinski definition) is 5. The molecule has 144 valence electrons. The van der Waals surface area contributed by atoms with Crippen molar-refractivity contribution in [3.63, 3.8) is 0 Å². The van der Waals surface area contributed by atoms with Crippen molar-refractivity contribution in [2.75, 3.05) is 18.9 Å². The number of carbonyl (C=O) groups is 1. The fraction of sp³-hybridized carbons (Fsp3) is 0.227. The van der Waals surface area contributed by atoms with Crippen LogP contribution in [0, 0.1) is 0 Å². The summed E-state index contributed by atoms with van der Waals surface area (Å²) in [5, 5.41) is 3.12. The summed E-state index contributed by atoms with van der Waals surface area (Å²) >= 11 is 0. The van der Waals surface area contributed by atoms with Gasteiger partial charge in [0.05, 0.1) is 0 Å². The number of benzene rings is 2. The van der Waals surface area contributed by atoms with E-state index in [4.69, 9.17) is 4.74 Å². The quantitative estimate of drug-likeness (QED) is 0.606. The molecule has 0 aliphatic rings. The van der Waals surface area contributed by atoms with Gasteiger partial charge in [-0.3, -0.25) is 4.79 Å². The molecule has 1 N–H and O–H groups in total. The number of para-hydroxylation sites is 1. The number of hydrogen-bond donors (Lipinski definition) is 1. The van der Waals surface area contributed by atoms with E-state index in [1.165, 1.54) is 0 Å². The normalized spacial score (nSPS) is 10.4. The summed E-state index contributed by atoms with van der Waals surface area (Å²) in [7, 11) is 1.79. The van der Waals surface area contributed by atoms with Crippen LogP contribution in [0.15, 0.2) is 66.9 Å². The van der Waals surface area contributed by atoms with Gasteiger partial charge in [0.2, 0.25) is 5.95 Å². The molecule has 2 aromatic carbocycles. The van der Waals surface area contributed by atoms with Gasteiger partial charge in [-0.1, -0.05) is 31.5 Å². The average molecular weight is 376 g/mol. The maximum atomic E-state index is 12.5. The van der Waals surface area contributed by atoms with Crippen LogP contribution in [0.4, 0.5) is 11.6 Å². The molecule has 0 radical (unpaired) electrons. The van der Waals surface area contributed by atoms with Crippen LogP contribution in [0.3, 0.4) is 0 Å². The van der Waals surface area contributed by atoms with Crippen LogP contribution in [0.1, 0.15) is 30.3 Å². The number of carbonyl (C=O) groups excluding carboxylic acids is 1. The Morgan fingerprint density at radius 3 is 2.46 bits per heavy atom. The van der Waals surface area contributed by atoms with Gasteiger partial charge in [0.15, 0.2) is 0 Å². The molecule has 28 heavy (non-hydrogen) atoms. The third-order valence-corrected chi connectivity index (χ3v) is 4.16. The molecule has 0 unspecified atom stereocenters. The van der Waals surface area contributed by atoms with Crippen molar-refractivity contribution in [3.05, 3.63) is 72.6 Å². The zero-order chi connectivity index (χ0) is 19.8. The predicted molar refractivity (Wildman–Crippen MR) is 110 cm³/mol. The number of anilines is 2. The van der Waals surface area contributed by atoms with E-state index in [2.05, 4.69) is 22.2 Å². The molecule has 0 aliphatic carbocycles. The zero-order valence-corrected chi connectivity index (χ0v) is 16.1. The van der Waals surface area contributed by atoms with E-state index in [0.717, 1.165) is 30.0 Å². The Hall–Kier alpha value is -3.41. The lowest BCUT2D eigenvalue weighted by molar-refractivity contribution is 0.0787. The molecule has 0 bridgehead atoms. The first-order chi connectivity index (χ1) is 13.7. The van der Waals surface area contributed by atoms with Crippen LogP contribution in [-0.4, -0.2) is 34.4 Å². The van der Waals surface area contributed by atoms with Crippen molar-refractivity contribution in [1.29, 1.82) is 0 Å². The Morgan fingerprint density at radius 1 is 1.04 bits per heavy atom. The summed E-state index contributed by atoms with van der Waals surface area (Å²) in [5.74, 6) is 1.79. The topological polar surface area (TPSA) is 67.4 Å². The van der Waals surface area contributed by atoms with Gasteiger partial charge in [-0.25, -0.2) is 9.97 Å². The minimum absolute atomic E-state index is 0.106. The largest absolute Gasteiger partial charge is 0.457 e. The van der Waals surface area contributed by atoms with E-state index < -0.39 is 0 Å². The van der Waals surface area contributed by atoms with E-state index in [-0.39, 0.29) is 5.91 Å². The van der Waals surface area contributed by atoms with Gasteiger partial charge in [-0.05, 0) is 48.9 Å². The number of nitrogens with one attached hydrogen (secondary N) is 1. The molecule has 6 nitrogen and oxygen atoms in total. The monoisotopic (exact) mass is 376 g/mol. The van der Waals surface area contributed by atoms with E-state index in [9.17, 15) is 4.79 Å². The van der Waals surface area contributed by atoms with Crippen LogP contribution in [0.25, 0.3) is 0 Å². The minimum atomic E-state index is -0.106. The fourth-order valence-corrected chi connectivity index (χ4v) is 2.59. The summed E-state index contributed by atoms with van der Waals surface area (Å²) in [6, 6.07) is 18.7. The number of aromatic nitrogens is 2. The summed E-state index contributed by atoms with van der Waals surface area (Å²) in [6.45, 7) is 2.81. The summed E-state index contributed by atoms with van der Waals surface area (Å²) in [6.07, 6.45) is 3.59. The molecule has 0 saturated carbocycles. The predicted octanol–water partition coefficient (Wildman–Crippen LogP) is 4.88. The Labute approximate surface area is 165 Å². The van der Waals surface area contributed by atoms with Crippen molar-refractivity contribution in [1.82, 2.24) is 14.9 Å². The maximum Gasteiger partial charge on any atom is 0.272 e. The molecule has 1 amide bonds. The van der Waals surface area contributed by atoms with Crippen molar-refractivity contribution < 1.29 is 9.53 Å². The first-order valence-electron chi connectivity index (χ1n) is 9.34. The molecular formula is C22H24N4O2.